The highest BCUT2D eigenvalue weighted by atomic mass is 15.2. The molecule has 1 aromatic carbocycles. The van der Waals surface area contributed by atoms with Gasteiger partial charge in [-0.05, 0) is 55.9 Å². The van der Waals surface area contributed by atoms with Crippen LogP contribution in [-0.4, -0.2) is 14.9 Å². The number of aryl methyl sites for hydroxylation is 1. The van der Waals surface area contributed by atoms with Crippen LogP contribution in [0.1, 0.15) is 57.9 Å². The van der Waals surface area contributed by atoms with Crippen LogP contribution >= 0.6 is 0 Å². The number of anilines is 1. The first-order chi connectivity index (χ1) is 12.6. The van der Waals surface area contributed by atoms with Crippen LogP contribution in [0.2, 0.25) is 0 Å². The third-order valence-electron chi connectivity index (χ3n) is 4.53. The number of hydrogen-bond donors (Lipinski definition) is 1. The molecule has 0 radical (unpaired) electrons. The molecular formula is C24H31N3. The van der Waals surface area contributed by atoms with Gasteiger partial charge in [-0.2, -0.15) is 0 Å². The van der Waals surface area contributed by atoms with Crippen molar-refractivity contribution in [2.75, 3.05) is 5.32 Å². The zero-order valence-electron chi connectivity index (χ0n) is 17.4. The van der Waals surface area contributed by atoms with Crippen molar-refractivity contribution in [3.63, 3.8) is 0 Å². The van der Waals surface area contributed by atoms with Gasteiger partial charge in [0.25, 0.3) is 0 Å². The van der Waals surface area contributed by atoms with E-state index in [-0.39, 0.29) is 11.0 Å². The summed E-state index contributed by atoms with van der Waals surface area (Å²) in [6, 6.07) is 14.5. The molecule has 3 aromatic rings. The SMILES string of the molecule is Cc1cccn2c(NC(C)(C)CC(C)(C)C)c(/C=C/c3ccccc3)nc12. The van der Waals surface area contributed by atoms with Gasteiger partial charge in [0, 0.05) is 11.7 Å². The number of hydrogen-bond acceptors (Lipinski definition) is 2. The smallest absolute Gasteiger partial charge is 0.142 e. The normalized spacial score (nSPS) is 12.8. The van der Waals surface area contributed by atoms with Gasteiger partial charge < -0.3 is 5.32 Å². The van der Waals surface area contributed by atoms with E-state index in [0.717, 1.165) is 23.6 Å². The van der Waals surface area contributed by atoms with E-state index in [1.54, 1.807) is 0 Å². The number of pyridine rings is 1. The van der Waals surface area contributed by atoms with E-state index in [1.807, 2.05) is 6.07 Å². The van der Waals surface area contributed by atoms with E-state index in [1.165, 1.54) is 11.1 Å². The fourth-order valence-electron chi connectivity index (χ4n) is 3.89. The summed E-state index contributed by atoms with van der Waals surface area (Å²) in [6.45, 7) is 13.5. The van der Waals surface area contributed by atoms with Crippen LogP contribution in [-0.2, 0) is 0 Å². The number of aromatic nitrogens is 2. The second kappa shape index (κ2) is 7.22. The van der Waals surface area contributed by atoms with Crippen molar-refractivity contribution < 1.29 is 0 Å². The first kappa shape index (κ1) is 19.2. The van der Waals surface area contributed by atoms with Crippen molar-refractivity contribution >= 4 is 23.6 Å². The zero-order valence-corrected chi connectivity index (χ0v) is 17.4. The van der Waals surface area contributed by atoms with Crippen molar-refractivity contribution in [3.05, 3.63) is 65.5 Å². The molecule has 0 amide bonds. The number of benzene rings is 1. The molecule has 0 aliphatic rings. The highest BCUT2D eigenvalue weighted by Crippen LogP contribution is 2.32. The summed E-state index contributed by atoms with van der Waals surface area (Å²) >= 11 is 0. The van der Waals surface area contributed by atoms with Gasteiger partial charge in [-0.25, -0.2) is 4.98 Å². The van der Waals surface area contributed by atoms with E-state index in [2.05, 4.69) is 106 Å². The molecule has 3 rings (SSSR count). The number of fused-ring (bicyclic) bond motifs is 1. The van der Waals surface area contributed by atoms with Crippen LogP contribution < -0.4 is 5.32 Å². The van der Waals surface area contributed by atoms with Crippen LogP contribution in [0, 0.1) is 12.3 Å². The minimum absolute atomic E-state index is 0.0483. The van der Waals surface area contributed by atoms with Gasteiger partial charge in [-0.1, -0.05) is 63.2 Å². The molecule has 0 unspecified atom stereocenters. The molecule has 27 heavy (non-hydrogen) atoms. The summed E-state index contributed by atoms with van der Waals surface area (Å²) in [7, 11) is 0. The van der Waals surface area contributed by atoms with Gasteiger partial charge in [0.1, 0.15) is 17.2 Å². The first-order valence-electron chi connectivity index (χ1n) is 9.64. The Morgan fingerprint density at radius 1 is 0.963 bits per heavy atom. The van der Waals surface area contributed by atoms with E-state index >= 15 is 0 Å². The van der Waals surface area contributed by atoms with Gasteiger partial charge in [-0.15, -0.1) is 0 Å². The van der Waals surface area contributed by atoms with Gasteiger partial charge in [0.2, 0.25) is 0 Å². The topological polar surface area (TPSA) is 29.3 Å². The number of nitrogens with zero attached hydrogens (tertiary/aromatic N) is 2. The summed E-state index contributed by atoms with van der Waals surface area (Å²) in [5.41, 5.74) is 4.51. The molecule has 0 bridgehead atoms. The molecule has 2 aromatic heterocycles. The quantitative estimate of drug-likeness (QED) is 0.566. The predicted octanol–water partition coefficient (Wildman–Crippen LogP) is 6.44. The van der Waals surface area contributed by atoms with Crippen molar-refractivity contribution in [2.45, 2.75) is 53.5 Å². The highest BCUT2D eigenvalue weighted by molar-refractivity contribution is 5.76. The maximum absolute atomic E-state index is 4.92. The van der Waals surface area contributed by atoms with Gasteiger partial charge in [0.15, 0.2) is 0 Å². The lowest BCUT2D eigenvalue weighted by Crippen LogP contribution is -2.36. The summed E-state index contributed by atoms with van der Waals surface area (Å²) in [4.78, 5) is 4.92. The summed E-state index contributed by atoms with van der Waals surface area (Å²) in [6.07, 6.45) is 7.38. The Kier molecular flexibility index (Phi) is 5.14. The van der Waals surface area contributed by atoms with Crippen molar-refractivity contribution in [1.82, 2.24) is 9.38 Å². The minimum atomic E-state index is -0.0483. The van der Waals surface area contributed by atoms with E-state index in [9.17, 15) is 0 Å². The lowest BCUT2D eigenvalue weighted by atomic mass is 9.82. The molecule has 3 heteroatoms. The average Bonchev–Trinajstić information content (AvgIpc) is 2.90. The standard InChI is InChI=1S/C24H31N3/c1-18-11-10-16-27-21(18)25-20(15-14-19-12-8-7-9-13-19)22(27)26-24(5,6)17-23(2,3)4/h7-16,26H,17H2,1-6H3/b15-14+. The molecule has 142 valence electrons. The Bertz CT molecular complexity index is 941. The lowest BCUT2D eigenvalue weighted by molar-refractivity contribution is 0.302. The third-order valence-corrected chi connectivity index (χ3v) is 4.53. The zero-order chi connectivity index (χ0) is 19.7. The summed E-state index contributed by atoms with van der Waals surface area (Å²) < 4.78 is 2.17. The molecular weight excluding hydrogens is 330 g/mol. The Hall–Kier alpha value is -2.55. The third kappa shape index (κ3) is 4.79. The van der Waals surface area contributed by atoms with Crippen LogP contribution in [0.15, 0.2) is 48.7 Å². The Balaban J connectivity index is 2.04. The predicted molar refractivity (Wildman–Crippen MR) is 117 cm³/mol. The largest absolute Gasteiger partial charge is 0.364 e. The molecule has 2 heterocycles. The van der Waals surface area contributed by atoms with E-state index in [4.69, 9.17) is 4.98 Å². The van der Waals surface area contributed by atoms with Crippen LogP contribution in [0.5, 0.6) is 0 Å². The van der Waals surface area contributed by atoms with Gasteiger partial charge in [-0.3, -0.25) is 4.40 Å². The molecule has 0 spiro atoms. The molecule has 3 nitrogen and oxygen atoms in total. The Labute approximate surface area is 163 Å². The maximum Gasteiger partial charge on any atom is 0.142 e. The van der Waals surface area contributed by atoms with Gasteiger partial charge in [0.05, 0.1) is 0 Å². The van der Waals surface area contributed by atoms with Crippen LogP contribution in [0.25, 0.3) is 17.8 Å². The summed E-state index contributed by atoms with van der Waals surface area (Å²) in [5.74, 6) is 1.05. The van der Waals surface area contributed by atoms with Crippen LogP contribution in [0.3, 0.4) is 0 Å². The van der Waals surface area contributed by atoms with Crippen molar-refractivity contribution in [3.8, 4) is 0 Å². The Morgan fingerprint density at radius 3 is 2.33 bits per heavy atom. The molecule has 1 N–H and O–H groups in total. The second-order valence-electron chi connectivity index (χ2n) is 9.22. The maximum atomic E-state index is 4.92. The van der Waals surface area contributed by atoms with Crippen molar-refractivity contribution in [2.24, 2.45) is 5.41 Å². The molecule has 0 aliphatic carbocycles. The van der Waals surface area contributed by atoms with Gasteiger partial charge >= 0.3 is 0 Å². The number of rotatable bonds is 5. The number of imidazole rings is 1. The number of nitrogens with one attached hydrogen (secondary N) is 1. The Morgan fingerprint density at radius 2 is 1.67 bits per heavy atom. The van der Waals surface area contributed by atoms with Crippen molar-refractivity contribution in [1.29, 1.82) is 0 Å². The monoisotopic (exact) mass is 361 g/mol. The molecule has 0 saturated heterocycles. The lowest BCUT2D eigenvalue weighted by Gasteiger charge is -2.34. The molecule has 0 saturated carbocycles. The second-order valence-corrected chi connectivity index (χ2v) is 9.22. The molecule has 0 atom stereocenters. The highest BCUT2D eigenvalue weighted by Gasteiger charge is 2.27. The summed E-state index contributed by atoms with van der Waals surface area (Å²) in [5, 5.41) is 3.78. The fraction of sp³-hybridized carbons (Fsp3) is 0.375. The molecule has 0 aliphatic heterocycles. The average molecular weight is 362 g/mol. The molecule has 0 fully saturated rings. The van der Waals surface area contributed by atoms with E-state index < -0.39 is 0 Å². The minimum Gasteiger partial charge on any atom is -0.364 e. The fourth-order valence-corrected chi connectivity index (χ4v) is 3.89. The van der Waals surface area contributed by atoms with E-state index in [0.29, 0.717) is 0 Å². The first-order valence-corrected chi connectivity index (χ1v) is 9.64. The van der Waals surface area contributed by atoms with Crippen LogP contribution in [0.4, 0.5) is 5.82 Å².